The maximum absolute atomic E-state index is 11.7. The molecule has 0 aromatic carbocycles. The molecule has 1 aliphatic rings. The molecule has 1 aliphatic heterocycles. The maximum Gasteiger partial charge on any atom is 0.268 e. The average Bonchev–Trinajstić information content (AvgIpc) is 2.11. The van der Waals surface area contributed by atoms with E-state index in [4.69, 9.17) is 0 Å². The lowest BCUT2D eigenvalue weighted by molar-refractivity contribution is -0.131. The van der Waals surface area contributed by atoms with E-state index in [2.05, 4.69) is 10.6 Å². The van der Waals surface area contributed by atoms with Crippen molar-refractivity contribution < 1.29 is 9.59 Å². The van der Waals surface area contributed by atoms with E-state index >= 15 is 0 Å². The molecule has 1 atom stereocenters. The van der Waals surface area contributed by atoms with Crippen LogP contribution in [0.1, 0.15) is 34.1 Å². The Labute approximate surface area is 96.5 Å². The molecule has 0 saturated carbocycles. The van der Waals surface area contributed by atoms with E-state index < -0.39 is 6.04 Å². The van der Waals surface area contributed by atoms with Crippen molar-refractivity contribution in [1.82, 2.24) is 10.6 Å². The van der Waals surface area contributed by atoms with Crippen LogP contribution in [0.3, 0.4) is 0 Å². The normalized spacial score (nSPS) is 23.9. The van der Waals surface area contributed by atoms with Gasteiger partial charge in [-0.25, -0.2) is 0 Å². The van der Waals surface area contributed by atoms with Gasteiger partial charge < -0.3 is 10.6 Å². The van der Waals surface area contributed by atoms with E-state index in [1.807, 2.05) is 27.7 Å². The van der Waals surface area contributed by atoms with Gasteiger partial charge in [-0.3, -0.25) is 9.59 Å². The van der Waals surface area contributed by atoms with Gasteiger partial charge in [0.2, 0.25) is 5.91 Å². The SMILES string of the molecule is CC(C)/C=C1/NC(=O)C(CC(C)C)NC1=O. The molecule has 2 N–H and O–H groups in total. The molecule has 1 unspecified atom stereocenters. The van der Waals surface area contributed by atoms with Crippen molar-refractivity contribution in [2.75, 3.05) is 0 Å². The molecule has 4 nitrogen and oxygen atoms in total. The molecule has 0 radical (unpaired) electrons. The number of carbonyl (C=O) groups is 2. The van der Waals surface area contributed by atoms with Gasteiger partial charge in [0.1, 0.15) is 11.7 Å². The Balaban J connectivity index is 2.71. The topological polar surface area (TPSA) is 58.2 Å². The zero-order valence-electron chi connectivity index (χ0n) is 10.3. The summed E-state index contributed by atoms with van der Waals surface area (Å²) < 4.78 is 0. The van der Waals surface area contributed by atoms with Crippen LogP contribution in [0, 0.1) is 11.8 Å². The minimum atomic E-state index is -0.392. The van der Waals surface area contributed by atoms with Crippen molar-refractivity contribution in [3.63, 3.8) is 0 Å². The first-order valence-corrected chi connectivity index (χ1v) is 5.73. The summed E-state index contributed by atoms with van der Waals surface area (Å²) in [5.74, 6) is 0.327. The second-order valence-corrected chi connectivity index (χ2v) is 4.97. The molecule has 1 heterocycles. The van der Waals surface area contributed by atoms with Crippen molar-refractivity contribution in [1.29, 1.82) is 0 Å². The van der Waals surface area contributed by atoms with Crippen LogP contribution in [0.15, 0.2) is 11.8 Å². The predicted octanol–water partition coefficient (Wildman–Crippen LogP) is 1.19. The van der Waals surface area contributed by atoms with E-state index in [0.717, 1.165) is 0 Å². The Kier molecular flexibility index (Phi) is 4.10. The van der Waals surface area contributed by atoms with Crippen molar-refractivity contribution in [2.45, 2.75) is 40.2 Å². The van der Waals surface area contributed by atoms with E-state index in [0.29, 0.717) is 18.0 Å². The van der Waals surface area contributed by atoms with Gasteiger partial charge in [0.25, 0.3) is 5.91 Å². The van der Waals surface area contributed by atoms with E-state index in [9.17, 15) is 9.59 Å². The number of hydrogen-bond acceptors (Lipinski definition) is 2. The van der Waals surface area contributed by atoms with Crippen molar-refractivity contribution in [3.05, 3.63) is 11.8 Å². The third-order valence-corrected chi connectivity index (χ3v) is 2.33. The third kappa shape index (κ3) is 3.36. The molecule has 4 heteroatoms. The maximum atomic E-state index is 11.7. The summed E-state index contributed by atoms with van der Waals surface area (Å²) in [6, 6.07) is -0.392. The number of rotatable bonds is 3. The van der Waals surface area contributed by atoms with Gasteiger partial charge in [0.15, 0.2) is 0 Å². The Morgan fingerprint density at radius 2 is 1.88 bits per heavy atom. The van der Waals surface area contributed by atoms with Crippen LogP contribution in [-0.2, 0) is 9.59 Å². The lowest BCUT2D eigenvalue weighted by Gasteiger charge is -2.26. The summed E-state index contributed by atoms with van der Waals surface area (Å²) in [6.07, 6.45) is 2.44. The van der Waals surface area contributed by atoms with Gasteiger partial charge in [-0.05, 0) is 18.3 Å². The highest BCUT2D eigenvalue weighted by Gasteiger charge is 2.29. The summed E-state index contributed by atoms with van der Waals surface area (Å²) >= 11 is 0. The van der Waals surface area contributed by atoms with Crippen molar-refractivity contribution >= 4 is 11.8 Å². The highest BCUT2D eigenvalue weighted by molar-refractivity contribution is 6.04. The summed E-state index contributed by atoms with van der Waals surface area (Å²) in [4.78, 5) is 23.4. The number of hydrogen-bond donors (Lipinski definition) is 2. The predicted molar refractivity (Wildman–Crippen MR) is 62.4 cm³/mol. The Hall–Kier alpha value is -1.32. The standard InChI is InChI=1S/C12H20N2O2/c1-7(2)5-9-11(15)14-10(6-8(3)4)12(16)13-9/h5,7-8,10H,6H2,1-4H3,(H,13,16)(H,14,15)/b9-5+. The smallest absolute Gasteiger partial charge is 0.268 e. The first kappa shape index (κ1) is 12.7. The summed E-state index contributed by atoms with van der Waals surface area (Å²) in [7, 11) is 0. The van der Waals surface area contributed by atoms with Gasteiger partial charge in [-0.1, -0.05) is 33.8 Å². The highest BCUT2D eigenvalue weighted by atomic mass is 16.2. The van der Waals surface area contributed by atoms with Crippen molar-refractivity contribution in [3.8, 4) is 0 Å². The van der Waals surface area contributed by atoms with Crippen molar-refractivity contribution in [2.24, 2.45) is 11.8 Å². The average molecular weight is 224 g/mol. The summed E-state index contributed by atoms with van der Waals surface area (Å²) in [5.41, 5.74) is 0.375. The first-order valence-electron chi connectivity index (χ1n) is 5.73. The zero-order valence-corrected chi connectivity index (χ0v) is 10.3. The van der Waals surface area contributed by atoms with Crippen LogP contribution in [0.4, 0.5) is 0 Å². The third-order valence-electron chi connectivity index (χ3n) is 2.33. The minimum absolute atomic E-state index is 0.111. The van der Waals surface area contributed by atoms with Crippen LogP contribution >= 0.6 is 0 Å². The lowest BCUT2D eigenvalue weighted by Crippen LogP contribution is -2.55. The Morgan fingerprint density at radius 3 is 2.38 bits per heavy atom. The van der Waals surface area contributed by atoms with Crippen LogP contribution in [-0.4, -0.2) is 17.9 Å². The number of amides is 2. The number of nitrogens with one attached hydrogen (secondary N) is 2. The van der Waals surface area contributed by atoms with Gasteiger partial charge in [-0.2, -0.15) is 0 Å². The fourth-order valence-electron chi connectivity index (χ4n) is 1.67. The molecule has 16 heavy (non-hydrogen) atoms. The van der Waals surface area contributed by atoms with Crippen LogP contribution in [0.2, 0.25) is 0 Å². The number of piperazine rings is 1. The highest BCUT2D eigenvalue weighted by Crippen LogP contribution is 2.11. The first-order chi connectivity index (χ1) is 7.40. The van der Waals surface area contributed by atoms with Crippen LogP contribution in [0.25, 0.3) is 0 Å². The second-order valence-electron chi connectivity index (χ2n) is 4.97. The van der Waals surface area contributed by atoms with E-state index in [1.165, 1.54) is 0 Å². The molecular formula is C12H20N2O2. The molecule has 1 saturated heterocycles. The molecule has 1 rings (SSSR count). The minimum Gasteiger partial charge on any atom is -0.339 e. The lowest BCUT2D eigenvalue weighted by atomic mass is 10.0. The molecule has 0 spiro atoms. The zero-order chi connectivity index (χ0) is 12.3. The molecule has 1 fully saturated rings. The fourth-order valence-corrected chi connectivity index (χ4v) is 1.67. The quantitative estimate of drug-likeness (QED) is 0.707. The van der Waals surface area contributed by atoms with E-state index in [-0.39, 0.29) is 17.7 Å². The van der Waals surface area contributed by atoms with Gasteiger partial charge >= 0.3 is 0 Å². The number of allylic oxidation sites excluding steroid dienone is 1. The number of carbonyl (C=O) groups excluding carboxylic acids is 2. The molecule has 0 aromatic rings. The Morgan fingerprint density at radius 1 is 1.25 bits per heavy atom. The molecule has 90 valence electrons. The molecular weight excluding hydrogens is 204 g/mol. The van der Waals surface area contributed by atoms with E-state index in [1.54, 1.807) is 6.08 Å². The van der Waals surface area contributed by atoms with Gasteiger partial charge in [0.05, 0.1) is 0 Å². The summed E-state index contributed by atoms with van der Waals surface area (Å²) in [6.45, 7) is 7.98. The monoisotopic (exact) mass is 224 g/mol. The van der Waals surface area contributed by atoms with Gasteiger partial charge in [0, 0.05) is 0 Å². The summed E-state index contributed by atoms with van der Waals surface area (Å²) in [5, 5.41) is 5.40. The largest absolute Gasteiger partial charge is 0.339 e. The molecule has 0 bridgehead atoms. The van der Waals surface area contributed by atoms with Crippen LogP contribution in [0.5, 0.6) is 0 Å². The molecule has 2 amide bonds. The van der Waals surface area contributed by atoms with Crippen LogP contribution < -0.4 is 10.6 Å². The second kappa shape index (κ2) is 5.14. The molecule has 0 aromatic heterocycles. The fraction of sp³-hybridized carbons (Fsp3) is 0.667. The Bertz CT molecular complexity index is 319. The molecule has 0 aliphatic carbocycles. The van der Waals surface area contributed by atoms with Gasteiger partial charge in [-0.15, -0.1) is 0 Å².